The Hall–Kier alpha value is -2.26. The number of aryl methyl sites for hydroxylation is 2. The predicted octanol–water partition coefficient (Wildman–Crippen LogP) is 3.74. The number of thiocyanates is 1. The van der Waals surface area contributed by atoms with Crippen molar-refractivity contribution in [2.75, 3.05) is 5.32 Å². The number of carbonyl (C=O) groups is 2. The molecule has 5 nitrogen and oxygen atoms in total. The van der Waals surface area contributed by atoms with Gasteiger partial charge in [-0.05, 0) is 61.2 Å². The highest BCUT2D eigenvalue weighted by Gasteiger charge is 2.34. The van der Waals surface area contributed by atoms with Crippen molar-refractivity contribution in [1.82, 2.24) is 0 Å². The summed E-state index contributed by atoms with van der Waals surface area (Å²) >= 11 is 1.08. The third-order valence-electron chi connectivity index (χ3n) is 4.27. The van der Waals surface area contributed by atoms with E-state index >= 15 is 0 Å². The lowest BCUT2D eigenvalue weighted by Crippen LogP contribution is -2.35. The number of carbonyl (C=O) groups excluding carboxylic acids is 1. The van der Waals surface area contributed by atoms with Gasteiger partial charge in [0, 0.05) is 10.6 Å². The number of nitrogens with zero attached hydrogens (tertiary/aromatic N) is 1. The van der Waals surface area contributed by atoms with E-state index in [4.69, 9.17) is 5.26 Å². The van der Waals surface area contributed by atoms with Gasteiger partial charge in [-0.1, -0.05) is 19.1 Å². The molecule has 0 saturated heterocycles. The number of rotatable bonds is 5. The zero-order chi connectivity index (χ0) is 17.7. The first-order chi connectivity index (χ1) is 11.5. The van der Waals surface area contributed by atoms with Gasteiger partial charge in [0.15, 0.2) is 0 Å². The van der Waals surface area contributed by atoms with Crippen molar-refractivity contribution in [1.29, 1.82) is 5.26 Å². The predicted molar refractivity (Wildman–Crippen MR) is 93.6 cm³/mol. The number of benzene rings is 1. The van der Waals surface area contributed by atoms with Crippen LogP contribution in [0.3, 0.4) is 0 Å². The standard InChI is InChI=1S/C18H20N2O3S/c1-3-12-9-13(24-10-19)8-11(2)16(12)20-17(21)14-6-4-5-7-15(14)18(22)23/h4-5,8-9,14-15H,3,6-7H2,1-2H3,(H,20,21)(H,22,23)/t14-,15+/m1/s1. The monoisotopic (exact) mass is 344 g/mol. The van der Waals surface area contributed by atoms with Gasteiger partial charge < -0.3 is 10.4 Å². The molecule has 0 aliphatic heterocycles. The van der Waals surface area contributed by atoms with Crippen LogP contribution in [0.1, 0.15) is 30.9 Å². The van der Waals surface area contributed by atoms with E-state index in [-0.39, 0.29) is 5.91 Å². The molecule has 2 atom stereocenters. The second-order valence-electron chi connectivity index (χ2n) is 5.80. The third kappa shape index (κ3) is 3.98. The van der Waals surface area contributed by atoms with Gasteiger partial charge >= 0.3 is 5.97 Å². The van der Waals surface area contributed by atoms with Crippen molar-refractivity contribution in [3.05, 3.63) is 35.4 Å². The van der Waals surface area contributed by atoms with Gasteiger partial charge in [-0.3, -0.25) is 9.59 Å². The first kappa shape index (κ1) is 18.1. The molecule has 6 heteroatoms. The lowest BCUT2D eigenvalue weighted by atomic mass is 9.82. The van der Waals surface area contributed by atoms with Crippen molar-refractivity contribution in [2.45, 2.75) is 38.0 Å². The van der Waals surface area contributed by atoms with Crippen LogP contribution in [0.15, 0.2) is 29.2 Å². The van der Waals surface area contributed by atoms with E-state index in [0.29, 0.717) is 19.3 Å². The van der Waals surface area contributed by atoms with Crippen molar-refractivity contribution < 1.29 is 14.7 Å². The largest absolute Gasteiger partial charge is 0.481 e. The molecule has 126 valence electrons. The number of nitrogens with one attached hydrogen (secondary N) is 1. The molecule has 1 amide bonds. The Morgan fingerprint density at radius 3 is 2.58 bits per heavy atom. The van der Waals surface area contributed by atoms with Crippen LogP contribution in [0.5, 0.6) is 0 Å². The molecule has 1 aromatic rings. The molecule has 0 unspecified atom stereocenters. The molecule has 0 bridgehead atoms. The smallest absolute Gasteiger partial charge is 0.307 e. The summed E-state index contributed by atoms with van der Waals surface area (Å²) in [7, 11) is 0. The van der Waals surface area contributed by atoms with Crippen LogP contribution in [0, 0.1) is 29.4 Å². The first-order valence-electron chi connectivity index (χ1n) is 7.86. The fraction of sp³-hybridized carbons (Fsp3) is 0.389. The fourth-order valence-corrected chi connectivity index (χ4v) is 3.53. The summed E-state index contributed by atoms with van der Waals surface area (Å²) in [5, 5.41) is 23.1. The number of amides is 1. The SMILES string of the molecule is CCc1cc(SC#N)cc(C)c1NC(=O)[C@@H]1CC=CC[C@@H]1C(=O)O. The maximum Gasteiger partial charge on any atom is 0.307 e. The summed E-state index contributed by atoms with van der Waals surface area (Å²) in [4.78, 5) is 24.9. The van der Waals surface area contributed by atoms with Gasteiger partial charge in [0.25, 0.3) is 0 Å². The normalized spacial score (nSPS) is 19.5. The Labute approximate surface area is 145 Å². The molecule has 1 aliphatic rings. The molecule has 0 spiro atoms. The highest BCUT2D eigenvalue weighted by molar-refractivity contribution is 8.03. The lowest BCUT2D eigenvalue weighted by Gasteiger charge is -2.25. The van der Waals surface area contributed by atoms with Gasteiger partial charge in [0.05, 0.1) is 11.8 Å². The van der Waals surface area contributed by atoms with E-state index in [1.54, 1.807) is 0 Å². The van der Waals surface area contributed by atoms with E-state index in [1.807, 2.05) is 43.5 Å². The number of carboxylic acids is 1. The van der Waals surface area contributed by atoms with Crippen LogP contribution in [0.25, 0.3) is 0 Å². The molecule has 2 rings (SSSR count). The molecular weight excluding hydrogens is 324 g/mol. The Kier molecular flexibility index (Phi) is 6.04. The van der Waals surface area contributed by atoms with Crippen LogP contribution in [-0.4, -0.2) is 17.0 Å². The number of aliphatic carboxylic acids is 1. The molecule has 1 aromatic carbocycles. The number of allylic oxidation sites excluding steroid dienone is 2. The highest BCUT2D eigenvalue weighted by atomic mass is 32.2. The fourth-order valence-electron chi connectivity index (χ4n) is 2.99. The van der Waals surface area contributed by atoms with Gasteiger partial charge in [0.2, 0.25) is 5.91 Å². The Morgan fingerprint density at radius 1 is 1.33 bits per heavy atom. The quantitative estimate of drug-likeness (QED) is 0.482. The molecule has 1 aliphatic carbocycles. The van der Waals surface area contributed by atoms with E-state index in [9.17, 15) is 14.7 Å². The summed E-state index contributed by atoms with van der Waals surface area (Å²) < 4.78 is 0. The van der Waals surface area contributed by atoms with E-state index in [0.717, 1.165) is 33.5 Å². The summed E-state index contributed by atoms with van der Waals surface area (Å²) in [5.41, 5.74) is 2.54. The molecular formula is C18H20N2O3S. The van der Waals surface area contributed by atoms with Crippen LogP contribution < -0.4 is 5.32 Å². The number of nitriles is 1. The van der Waals surface area contributed by atoms with Gasteiger partial charge in [-0.25, -0.2) is 0 Å². The number of carboxylic acid groups (broad SMARTS) is 1. The van der Waals surface area contributed by atoms with Crippen LogP contribution in [-0.2, 0) is 16.0 Å². The minimum absolute atomic E-state index is 0.259. The molecule has 2 N–H and O–H groups in total. The minimum atomic E-state index is -0.937. The van der Waals surface area contributed by atoms with Gasteiger partial charge in [-0.2, -0.15) is 5.26 Å². The van der Waals surface area contributed by atoms with E-state index in [2.05, 4.69) is 5.32 Å². The summed E-state index contributed by atoms with van der Waals surface area (Å²) in [6.07, 6.45) is 5.21. The number of hydrogen-bond acceptors (Lipinski definition) is 4. The summed E-state index contributed by atoms with van der Waals surface area (Å²) in [6, 6.07) is 3.75. The Bertz CT molecular complexity index is 722. The summed E-state index contributed by atoms with van der Waals surface area (Å²) in [6.45, 7) is 3.86. The molecule has 0 aromatic heterocycles. The topological polar surface area (TPSA) is 90.2 Å². The zero-order valence-electron chi connectivity index (χ0n) is 13.7. The zero-order valence-corrected chi connectivity index (χ0v) is 14.5. The minimum Gasteiger partial charge on any atom is -0.481 e. The maximum absolute atomic E-state index is 12.6. The van der Waals surface area contributed by atoms with Crippen LogP contribution in [0.4, 0.5) is 5.69 Å². The van der Waals surface area contributed by atoms with Crippen molar-refractivity contribution in [2.24, 2.45) is 11.8 Å². The average Bonchev–Trinajstić information content (AvgIpc) is 2.57. The molecule has 0 fully saturated rings. The van der Waals surface area contributed by atoms with Crippen LogP contribution in [0.2, 0.25) is 0 Å². The number of anilines is 1. The molecule has 0 heterocycles. The van der Waals surface area contributed by atoms with E-state index < -0.39 is 17.8 Å². The average molecular weight is 344 g/mol. The van der Waals surface area contributed by atoms with Crippen molar-refractivity contribution >= 4 is 29.3 Å². The van der Waals surface area contributed by atoms with Crippen LogP contribution >= 0.6 is 11.8 Å². The first-order valence-corrected chi connectivity index (χ1v) is 8.67. The number of thioether (sulfide) groups is 1. The van der Waals surface area contributed by atoms with Crippen molar-refractivity contribution in [3.8, 4) is 5.40 Å². The molecule has 24 heavy (non-hydrogen) atoms. The summed E-state index contributed by atoms with van der Waals surface area (Å²) in [5.74, 6) is -2.45. The molecule has 0 saturated carbocycles. The van der Waals surface area contributed by atoms with E-state index in [1.165, 1.54) is 0 Å². The lowest BCUT2D eigenvalue weighted by molar-refractivity contribution is -0.146. The Morgan fingerprint density at radius 2 is 2.00 bits per heavy atom. The Balaban J connectivity index is 2.27. The van der Waals surface area contributed by atoms with Gasteiger partial charge in [0.1, 0.15) is 5.40 Å². The third-order valence-corrected chi connectivity index (χ3v) is 4.83. The highest BCUT2D eigenvalue weighted by Crippen LogP contribution is 2.31. The van der Waals surface area contributed by atoms with Gasteiger partial charge in [-0.15, -0.1) is 0 Å². The molecule has 0 radical (unpaired) electrons. The van der Waals surface area contributed by atoms with Crippen molar-refractivity contribution in [3.63, 3.8) is 0 Å². The number of hydrogen-bond donors (Lipinski definition) is 2. The maximum atomic E-state index is 12.6. The second kappa shape index (κ2) is 8.02. The second-order valence-corrected chi connectivity index (χ2v) is 6.66.